The Labute approximate surface area is 203 Å². The summed E-state index contributed by atoms with van der Waals surface area (Å²) in [5.74, 6) is 1.39. The molecule has 3 heterocycles. The molecule has 2 aliphatic rings. The van der Waals surface area contributed by atoms with E-state index in [4.69, 9.17) is 14.7 Å². The van der Waals surface area contributed by atoms with Crippen molar-refractivity contribution in [2.24, 2.45) is 16.3 Å². The molecule has 1 aromatic rings. The lowest BCUT2D eigenvalue weighted by Crippen LogP contribution is -2.43. The smallest absolute Gasteiger partial charge is 0.191 e. The fourth-order valence-corrected chi connectivity index (χ4v) is 5.23. The predicted molar refractivity (Wildman–Crippen MR) is 139 cm³/mol. The van der Waals surface area contributed by atoms with E-state index in [1.54, 1.807) is 11.3 Å². The number of nitrogens with one attached hydrogen (secondary N) is 2. The Morgan fingerprint density at radius 1 is 1.27 bits per heavy atom. The molecule has 0 bridgehead atoms. The molecule has 3 rings (SSSR count). The molecule has 2 aliphatic heterocycles. The molecule has 30 heavy (non-hydrogen) atoms. The number of anilines is 1. The summed E-state index contributed by atoms with van der Waals surface area (Å²) in [6.07, 6.45) is 6.12. The third-order valence-electron chi connectivity index (χ3n) is 5.72. The molecule has 0 amide bonds. The van der Waals surface area contributed by atoms with E-state index in [-0.39, 0.29) is 35.5 Å². The van der Waals surface area contributed by atoms with Crippen molar-refractivity contribution in [3.63, 3.8) is 0 Å². The van der Waals surface area contributed by atoms with Gasteiger partial charge in [-0.3, -0.25) is 4.99 Å². The highest BCUT2D eigenvalue weighted by atomic mass is 127. The van der Waals surface area contributed by atoms with Crippen molar-refractivity contribution in [1.29, 1.82) is 0 Å². The van der Waals surface area contributed by atoms with Gasteiger partial charge in [-0.25, -0.2) is 4.98 Å². The number of hydrogen-bond acceptors (Lipinski definition) is 5. The average Bonchev–Trinajstić information content (AvgIpc) is 3.37. The van der Waals surface area contributed by atoms with Crippen LogP contribution >= 0.6 is 35.3 Å². The maximum atomic E-state index is 6.11. The van der Waals surface area contributed by atoms with Gasteiger partial charge in [-0.15, -0.1) is 35.3 Å². The molecule has 2 N–H and O–H groups in total. The normalized spacial score (nSPS) is 22.7. The van der Waals surface area contributed by atoms with Gasteiger partial charge in [0.25, 0.3) is 0 Å². The van der Waals surface area contributed by atoms with Gasteiger partial charge in [-0.2, -0.15) is 0 Å². The van der Waals surface area contributed by atoms with E-state index in [0.29, 0.717) is 5.92 Å². The number of ether oxygens (including phenoxy) is 1. The lowest BCUT2D eigenvalue weighted by molar-refractivity contribution is -0.0823. The SMILES string of the molecule is CCNC(=NCC1CCCOC1C(C)(C)C)NCCc1csc(N2CCCC2)n1.I. The highest BCUT2D eigenvalue weighted by molar-refractivity contribution is 14.0. The summed E-state index contributed by atoms with van der Waals surface area (Å²) in [4.78, 5) is 12.1. The van der Waals surface area contributed by atoms with Gasteiger partial charge in [-0.1, -0.05) is 20.8 Å². The van der Waals surface area contributed by atoms with Crippen LogP contribution in [0.5, 0.6) is 0 Å². The number of hydrogen-bond donors (Lipinski definition) is 2. The molecule has 2 atom stereocenters. The molecular weight excluding hydrogens is 509 g/mol. The minimum absolute atomic E-state index is 0. The zero-order valence-electron chi connectivity index (χ0n) is 19.1. The Hall–Kier alpha value is -0.610. The molecule has 2 saturated heterocycles. The lowest BCUT2D eigenvalue weighted by Gasteiger charge is -2.39. The van der Waals surface area contributed by atoms with E-state index < -0.39 is 0 Å². The molecule has 6 nitrogen and oxygen atoms in total. The van der Waals surface area contributed by atoms with Crippen molar-refractivity contribution in [1.82, 2.24) is 15.6 Å². The Bertz CT molecular complexity index is 654. The third-order valence-corrected chi connectivity index (χ3v) is 6.67. The van der Waals surface area contributed by atoms with E-state index in [1.807, 2.05) is 0 Å². The maximum Gasteiger partial charge on any atom is 0.191 e. The minimum atomic E-state index is 0. The van der Waals surface area contributed by atoms with E-state index in [2.05, 4.69) is 48.6 Å². The number of halogens is 1. The van der Waals surface area contributed by atoms with Crippen molar-refractivity contribution >= 4 is 46.4 Å². The molecule has 1 aromatic heterocycles. The summed E-state index contributed by atoms with van der Waals surface area (Å²) in [6.45, 7) is 14.6. The van der Waals surface area contributed by atoms with Crippen molar-refractivity contribution in [2.45, 2.75) is 65.9 Å². The van der Waals surface area contributed by atoms with Crippen LogP contribution in [-0.2, 0) is 11.2 Å². The monoisotopic (exact) mass is 549 g/mol. The quantitative estimate of drug-likeness (QED) is 0.302. The predicted octanol–water partition coefficient (Wildman–Crippen LogP) is 4.30. The first kappa shape index (κ1) is 25.6. The van der Waals surface area contributed by atoms with Crippen LogP contribution in [0.15, 0.2) is 10.4 Å². The highest BCUT2D eigenvalue weighted by Gasteiger charge is 2.35. The standard InChI is InChI=1S/C22H39N5OS.HI/c1-5-23-20(25-15-17-9-8-14-28-19(17)22(2,3)4)24-11-10-18-16-29-21(26-18)27-12-6-7-13-27;/h16-17,19H,5-15H2,1-4H3,(H2,23,24,25);1H. The van der Waals surface area contributed by atoms with Crippen LogP contribution < -0.4 is 15.5 Å². The van der Waals surface area contributed by atoms with Gasteiger partial charge < -0.3 is 20.3 Å². The van der Waals surface area contributed by atoms with Crippen LogP contribution in [0, 0.1) is 11.3 Å². The molecule has 2 unspecified atom stereocenters. The molecule has 0 saturated carbocycles. The van der Waals surface area contributed by atoms with E-state index in [1.165, 1.54) is 30.1 Å². The van der Waals surface area contributed by atoms with Gasteiger partial charge in [0, 0.05) is 57.0 Å². The Morgan fingerprint density at radius 3 is 2.73 bits per heavy atom. The topological polar surface area (TPSA) is 61.8 Å². The molecule has 172 valence electrons. The van der Waals surface area contributed by atoms with Crippen molar-refractivity contribution in [3.8, 4) is 0 Å². The van der Waals surface area contributed by atoms with Gasteiger partial charge in [0.05, 0.1) is 11.8 Å². The number of thiazole rings is 1. The largest absolute Gasteiger partial charge is 0.377 e. The second-order valence-electron chi connectivity index (χ2n) is 9.27. The summed E-state index contributed by atoms with van der Waals surface area (Å²) < 4.78 is 6.11. The first-order chi connectivity index (χ1) is 14.0. The molecule has 0 spiro atoms. The molecule has 8 heteroatoms. The second kappa shape index (κ2) is 12.4. The molecule has 0 radical (unpaired) electrons. The first-order valence-corrected chi connectivity index (χ1v) is 12.2. The molecule has 0 aliphatic carbocycles. The molecule has 0 aromatic carbocycles. The van der Waals surface area contributed by atoms with E-state index in [0.717, 1.165) is 58.1 Å². The van der Waals surface area contributed by atoms with Gasteiger partial charge in [-0.05, 0) is 38.0 Å². The average molecular weight is 550 g/mol. The summed E-state index contributed by atoms with van der Waals surface area (Å²) in [6, 6.07) is 0. The van der Waals surface area contributed by atoms with Gasteiger partial charge >= 0.3 is 0 Å². The zero-order valence-corrected chi connectivity index (χ0v) is 22.2. The number of rotatable bonds is 7. The lowest BCUT2D eigenvalue weighted by atomic mass is 9.78. The number of guanidine groups is 1. The van der Waals surface area contributed by atoms with Crippen LogP contribution in [0.25, 0.3) is 0 Å². The zero-order chi connectivity index (χ0) is 20.7. The summed E-state index contributed by atoms with van der Waals surface area (Å²) in [5, 5.41) is 10.3. The van der Waals surface area contributed by atoms with Crippen LogP contribution in [0.1, 0.15) is 59.1 Å². The van der Waals surface area contributed by atoms with Crippen molar-refractivity contribution in [3.05, 3.63) is 11.1 Å². The third kappa shape index (κ3) is 7.51. The van der Waals surface area contributed by atoms with Crippen LogP contribution in [0.4, 0.5) is 5.13 Å². The maximum absolute atomic E-state index is 6.11. The van der Waals surface area contributed by atoms with Crippen LogP contribution in [0.3, 0.4) is 0 Å². The summed E-state index contributed by atoms with van der Waals surface area (Å²) in [7, 11) is 0. The van der Waals surface area contributed by atoms with Crippen LogP contribution in [-0.4, -0.2) is 56.4 Å². The highest BCUT2D eigenvalue weighted by Crippen LogP contribution is 2.34. The molecular formula is C22H40IN5OS. The van der Waals surface area contributed by atoms with E-state index >= 15 is 0 Å². The van der Waals surface area contributed by atoms with Crippen LogP contribution in [0.2, 0.25) is 0 Å². The fraction of sp³-hybridized carbons (Fsp3) is 0.818. The van der Waals surface area contributed by atoms with Crippen molar-refractivity contribution in [2.75, 3.05) is 44.2 Å². The summed E-state index contributed by atoms with van der Waals surface area (Å²) in [5.41, 5.74) is 1.33. The second-order valence-corrected chi connectivity index (χ2v) is 10.1. The summed E-state index contributed by atoms with van der Waals surface area (Å²) >= 11 is 1.77. The number of nitrogens with zero attached hydrogens (tertiary/aromatic N) is 3. The Balaban J connectivity index is 0.00000320. The Morgan fingerprint density at radius 2 is 2.03 bits per heavy atom. The van der Waals surface area contributed by atoms with E-state index in [9.17, 15) is 0 Å². The van der Waals surface area contributed by atoms with Gasteiger partial charge in [0.15, 0.2) is 11.1 Å². The number of aliphatic imine (C=N–C) groups is 1. The van der Waals surface area contributed by atoms with Gasteiger partial charge in [0.1, 0.15) is 0 Å². The number of aromatic nitrogens is 1. The molecule has 2 fully saturated rings. The fourth-order valence-electron chi connectivity index (χ4n) is 4.31. The minimum Gasteiger partial charge on any atom is -0.377 e. The van der Waals surface area contributed by atoms with Gasteiger partial charge in [0.2, 0.25) is 0 Å². The Kier molecular flexibility index (Phi) is 10.6. The van der Waals surface area contributed by atoms with Crippen molar-refractivity contribution < 1.29 is 4.74 Å². The first-order valence-electron chi connectivity index (χ1n) is 11.3.